The number of carbonyl (C=O) groups excluding carboxylic acids is 1. The van der Waals surface area contributed by atoms with Gasteiger partial charge in [-0.1, -0.05) is 6.92 Å². The first-order chi connectivity index (χ1) is 10.6. The lowest BCUT2D eigenvalue weighted by molar-refractivity contribution is -0.130. The van der Waals surface area contributed by atoms with E-state index < -0.39 is 0 Å². The first-order valence-electron chi connectivity index (χ1n) is 8.24. The lowest BCUT2D eigenvalue weighted by Crippen LogP contribution is -2.53. The maximum atomic E-state index is 11.4. The second kappa shape index (κ2) is 6.75. The van der Waals surface area contributed by atoms with Crippen molar-refractivity contribution in [2.24, 2.45) is 5.92 Å². The number of rotatable bonds is 3. The molecular weight excluding hydrogens is 276 g/mol. The summed E-state index contributed by atoms with van der Waals surface area (Å²) in [7, 11) is 0. The average Bonchev–Trinajstić information content (AvgIpc) is 2.89. The van der Waals surface area contributed by atoms with Crippen LogP contribution in [0.25, 0.3) is 0 Å². The maximum absolute atomic E-state index is 11.4. The number of likely N-dealkylation sites (tertiary alicyclic amines) is 1. The minimum absolute atomic E-state index is 0.207. The van der Waals surface area contributed by atoms with Gasteiger partial charge in [0.1, 0.15) is 0 Å². The molecule has 1 aromatic heterocycles. The molecule has 5 nitrogen and oxygen atoms in total. The average molecular weight is 302 g/mol. The molecule has 0 saturated carbocycles. The van der Waals surface area contributed by atoms with E-state index in [9.17, 15) is 4.79 Å². The number of aromatic nitrogens is 1. The van der Waals surface area contributed by atoms with E-state index >= 15 is 0 Å². The number of hydrogen-bond acceptors (Lipinski definition) is 4. The summed E-state index contributed by atoms with van der Waals surface area (Å²) in [5.74, 6) is 0.893. The van der Waals surface area contributed by atoms with Crippen molar-refractivity contribution in [3.63, 3.8) is 0 Å². The van der Waals surface area contributed by atoms with E-state index in [4.69, 9.17) is 0 Å². The van der Waals surface area contributed by atoms with E-state index in [1.165, 1.54) is 5.56 Å². The summed E-state index contributed by atoms with van der Waals surface area (Å²) in [4.78, 5) is 22.6. The Morgan fingerprint density at radius 3 is 2.50 bits per heavy atom. The quantitative estimate of drug-likeness (QED) is 0.837. The van der Waals surface area contributed by atoms with Gasteiger partial charge in [0.15, 0.2) is 0 Å². The summed E-state index contributed by atoms with van der Waals surface area (Å²) in [5, 5.41) is 0. The van der Waals surface area contributed by atoms with Crippen LogP contribution in [0.1, 0.15) is 19.4 Å². The highest BCUT2D eigenvalue weighted by atomic mass is 16.2. The van der Waals surface area contributed by atoms with Crippen molar-refractivity contribution in [1.29, 1.82) is 0 Å². The fourth-order valence-electron chi connectivity index (χ4n) is 3.77. The molecule has 5 heteroatoms. The molecule has 0 unspecified atom stereocenters. The Kier molecular flexibility index (Phi) is 4.74. The van der Waals surface area contributed by atoms with Crippen molar-refractivity contribution < 1.29 is 4.79 Å². The third kappa shape index (κ3) is 3.47. The number of pyridine rings is 1. The van der Waals surface area contributed by atoms with Crippen LogP contribution < -0.4 is 0 Å². The van der Waals surface area contributed by atoms with Crippen molar-refractivity contribution in [3.05, 3.63) is 30.1 Å². The molecule has 2 saturated heterocycles. The standard InChI is InChI=1S/C17H26N4O/c1-14-11-19(12-16-3-5-18-6-4-16)13-17(14)21-9-7-20(8-10-21)15(2)22/h3-6,14,17H,7-13H2,1-2H3/t14-,17+/m0/s1. The van der Waals surface area contributed by atoms with E-state index in [0.29, 0.717) is 12.0 Å². The van der Waals surface area contributed by atoms with Crippen molar-refractivity contribution in [1.82, 2.24) is 19.7 Å². The fraction of sp³-hybridized carbons (Fsp3) is 0.647. The van der Waals surface area contributed by atoms with Crippen LogP contribution >= 0.6 is 0 Å². The number of amides is 1. The molecule has 0 aliphatic carbocycles. The number of nitrogens with zero attached hydrogens (tertiary/aromatic N) is 4. The SMILES string of the molecule is CC(=O)N1CCN([C@@H]2CN(Cc3ccncc3)C[C@@H]2C)CC1. The molecule has 120 valence electrons. The zero-order valence-electron chi connectivity index (χ0n) is 13.6. The molecule has 0 aromatic carbocycles. The number of hydrogen-bond donors (Lipinski definition) is 0. The highest BCUT2D eigenvalue weighted by molar-refractivity contribution is 5.73. The molecule has 3 heterocycles. The Hall–Kier alpha value is -1.46. The van der Waals surface area contributed by atoms with Crippen molar-refractivity contribution in [2.45, 2.75) is 26.4 Å². The Bertz CT molecular complexity index is 499. The Morgan fingerprint density at radius 1 is 1.18 bits per heavy atom. The van der Waals surface area contributed by atoms with Gasteiger partial charge in [-0.25, -0.2) is 0 Å². The molecular formula is C17H26N4O. The summed E-state index contributed by atoms with van der Waals surface area (Å²) in [6.45, 7) is 11.1. The lowest BCUT2D eigenvalue weighted by Gasteiger charge is -2.39. The third-order valence-electron chi connectivity index (χ3n) is 5.03. The molecule has 2 fully saturated rings. The molecule has 1 aromatic rings. The van der Waals surface area contributed by atoms with Gasteiger partial charge in [0.25, 0.3) is 0 Å². The van der Waals surface area contributed by atoms with Gasteiger partial charge in [0.2, 0.25) is 5.91 Å². The van der Waals surface area contributed by atoms with Gasteiger partial charge in [0, 0.05) is 71.2 Å². The van der Waals surface area contributed by atoms with Crippen LogP contribution in [0.2, 0.25) is 0 Å². The van der Waals surface area contributed by atoms with E-state index in [-0.39, 0.29) is 5.91 Å². The summed E-state index contributed by atoms with van der Waals surface area (Å²) >= 11 is 0. The van der Waals surface area contributed by atoms with Crippen LogP contribution in [0.15, 0.2) is 24.5 Å². The van der Waals surface area contributed by atoms with Crippen molar-refractivity contribution in [2.75, 3.05) is 39.3 Å². The Balaban J connectivity index is 1.54. The second-order valence-corrected chi connectivity index (χ2v) is 6.64. The Morgan fingerprint density at radius 2 is 1.86 bits per heavy atom. The molecule has 22 heavy (non-hydrogen) atoms. The molecule has 0 spiro atoms. The molecule has 0 bridgehead atoms. The molecule has 0 radical (unpaired) electrons. The monoisotopic (exact) mass is 302 g/mol. The highest BCUT2D eigenvalue weighted by Crippen LogP contribution is 2.24. The van der Waals surface area contributed by atoms with E-state index in [0.717, 1.165) is 45.8 Å². The zero-order valence-corrected chi connectivity index (χ0v) is 13.6. The highest BCUT2D eigenvalue weighted by Gasteiger charge is 2.35. The van der Waals surface area contributed by atoms with Gasteiger partial charge in [-0.15, -0.1) is 0 Å². The van der Waals surface area contributed by atoms with Gasteiger partial charge in [-0.05, 0) is 23.6 Å². The topological polar surface area (TPSA) is 39.7 Å². The van der Waals surface area contributed by atoms with Crippen LogP contribution in [0, 0.1) is 5.92 Å². The van der Waals surface area contributed by atoms with Gasteiger partial charge in [0.05, 0.1) is 0 Å². The van der Waals surface area contributed by atoms with E-state index in [2.05, 4.69) is 33.8 Å². The van der Waals surface area contributed by atoms with Crippen LogP contribution in [-0.4, -0.2) is 70.9 Å². The van der Waals surface area contributed by atoms with Crippen molar-refractivity contribution >= 4 is 5.91 Å². The smallest absolute Gasteiger partial charge is 0.219 e. The van der Waals surface area contributed by atoms with Gasteiger partial charge in [-0.3, -0.25) is 19.6 Å². The lowest BCUT2D eigenvalue weighted by atomic mass is 10.0. The first-order valence-corrected chi connectivity index (χ1v) is 8.24. The van der Waals surface area contributed by atoms with E-state index in [1.807, 2.05) is 17.3 Å². The molecule has 2 atom stereocenters. The largest absolute Gasteiger partial charge is 0.340 e. The zero-order chi connectivity index (χ0) is 15.5. The van der Waals surface area contributed by atoms with Crippen LogP contribution in [0.3, 0.4) is 0 Å². The minimum Gasteiger partial charge on any atom is -0.340 e. The van der Waals surface area contributed by atoms with Crippen LogP contribution in [0.5, 0.6) is 0 Å². The summed E-state index contributed by atoms with van der Waals surface area (Å²) in [6.07, 6.45) is 3.74. The minimum atomic E-state index is 0.207. The fourth-order valence-corrected chi connectivity index (χ4v) is 3.77. The molecule has 0 N–H and O–H groups in total. The predicted molar refractivity (Wildman–Crippen MR) is 86.3 cm³/mol. The van der Waals surface area contributed by atoms with Gasteiger partial charge < -0.3 is 4.90 Å². The van der Waals surface area contributed by atoms with Gasteiger partial charge >= 0.3 is 0 Å². The first kappa shape index (κ1) is 15.4. The van der Waals surface area contributed by atoms with Crippen LogP contribution in [-0.2, 0) is 11.3 Å². The summed E-state index contributed by atoms with van der Waals surface area (Å²) in [6, 6.07) is 4.82. The summed E-state index contributed by atoms with van der Waals surface area (Å²) < 4.78 is 0. The predicted octanol–water partition coefficient (Wildman–Crippen LogP) is 1.07. The van der Waals surface area contributed by atoms with Crippen molar-refractivity contribution in [3.8, 4) is 0 Å². The maximum Gasteiger partial charge on any atom is 0.219 e. The van der Waals surface area contributed by atoms with Gasteiger partial charge in [-0.2, -0.15) is 0 Å². The second-order valence-electron chi connectivity index (χ2n) is 6.64. The molecule has 3 rings (SSSR count). The number of carbonyl (C=O) groups is 1. The molecule has 1 amide bonds. The normalized spacial score (nSPS) is 27.3. The summed E-state index contributed by atoms with van der Waals surface area (Å²) in [5.41, 5.74) is 1.34. The molecule has 2 aliphatic heterocycles. The third-order valence-corrected chi connectivity index (χ3v) is 5.03. The van der Waals surface area contributed by atoms with Crippen LogP contribution in [0.4, 0.5) is 0 Å². The van der Waals surface area contributed by atoms with E-state index in [1.54, 1.807) is 6.92 Å². The molecule has 2 aliphatic rings. The Labute approximate surface area is 132 Å². The number of piperazine rings is 1.